The summed E-state index contributed by atoms with van der Waals surface area (Å²) in [5.74, 6) is -0.293. The van der Waals surface area contributed by atoms with E-state index in [2.05, 4.69) is 47.2 Å². The minimum absolute atomic E-state index is 0.0922. The van der Waals surface area contributed by atoms with Crippen molar-refractivity contribution in [2.24, 2.45) is 0 Å². The minimum atomic E-state index is -3.87. The molecule has 352 valence electrons. The van der Waals surface area contributed by atoms with Gasteiger partial charge in [-0.1, -0.05) is 41.9 Å². The number of carbonyl (C=O) groups is 1. The Balaban J connectivity index is 0.889. The van der Waals surface area contributed by atoms with E-state index in [0.717, 1.165) is 78.5 Å². The number of benzene rings is 5. The molecule has 3 heterocycles. The van der Waals surface area contributed by atoms with Crippen molar-refractivity contribution in [2.45, 2.75) is 48.1 Å². The number of piperazine rings is 1. The van der Waals surface area contributed by atoms with Crippen molar-refractivity contribution in [3.05, 3.63) is 144 Å². The molecule has 4 N–H and O–H groups in total. The molecule has 0 bridgehead atoms. The van der Waals surface area contributed by atoms with E-state index in [1.54, 1.807) is 52.7 Å². The summed E-state index contributed by atoms with van der Waals surface area (Å²) in [6.45, 7) is 7.48. The van der Waals surface area contributed by atoms with Crippen LogP contribution in [0.3, 0.4) is 0 Å². The molecule has 1 amide bonds. The highest BCUT2D eigenvalue weighted by Gasteiger charge is 2.24. The minimum Gasteiger partial charge on any atom is -0.771 e. The number of hydrogen-bond acceptors (Lipinski definition) is 12. The van der Waals surface area contributed by atoms with Crippen LogP contribution >= 0.6 is 23.4 Å². The average molecular weight is 983 g/mol. The summed E-state index contributed by atoms with van der Waals surface area (Å²) in [5.41, 5.74) is 6.20. The van der Waals surface area contributed by atoms with Crippen molar-refractivity contribution in [3.8, 4) is 16.9 Å². The molecule has 18 heteroatoms. The van der Waals surface area contributed by atoms with Crippen LogP contribution in [-0.2, 0) is 21.1 Å². The number of carbonyl (C=O) groups excluding carboxylic acids is 1. The highest BCUT2D eigenvalue weighted by molar-refractivity contribution is 7.99. The van der Waals surface area contributed by atoms with Gasteiger partial charge in [-0.3, -0.25) is 18.3 Å². The number of aryl methyl sites for hydroxylation is 1. The van der Waals surface area contributed by atoms with Crippen molar-refractivity contribution in [3.63, 3.8) is 0 Å². The van der Waals surface area contributed by atoms with E-state index in [1.165, 1.54) is 11.2 Å². The summed E-state index contributed by atoms with van der Waals surface area (Å²) < 4.78 is 54.4. The summed E-state index contributed by atoms with van der Waals surface area (Å²) in [7, 11) is -3.87. The average Bonchev–Trinajstić information content (AvgIpc) is 3.79. The molecule has 1 unspecified atom stereocenters. The van der Waals surface area contributed by atoms with Gasteiger partial charge < -0.3 is 35.0 Å². The molecule has 0 saturated carbocycles. The van der Waals surface area contributed by atoms with E-state index < -0.39 is 32.9 Å². The number of aliphatic hydroxyl groups excluding tert-OH is 1. The van der Waals surface area contributed by atoms with E-state index in [4.69, 9.17) is 11.6 Å². The Hall–Kier alpha value is -5.40. The SMILES string of the molecule is Cc1cc(S(=O)(=O)Nc2ccc(N3CCN(c4cccc(-c5c(C(=O)NCS(=O)[O-])ncn5-c5ccc(Cl)cc5)c4)CC3)cc2)ccc1N[C@H](CCN1CCC(O)CC1)CSc1ccccc1. The molecule has 14 nitrogen and oxygen atoms in total. The van der Waals surface area contributed by atoms with Crippen LogP contribution in [0.4, 0.5) is 22.7 Å². The molecule has 2 atom stereocenters. The predicted molar refractivity (Wildman–Crippen MR) is 269 cm³/mol. The first-order valence-corrected chi connectivity index (χ1v) is 26.3. The van der Waals surface area contributed by atoms with Crippen LogP contribution in [0.25, 0.3) is 16.9 Å². The molecule has 2 aliphatic heterocycles. The number of aliphatic hydroxyl groups is 1. The summed E-state index contributed by atoms with van der Waals surface area (Å²) in [4.78, 5) is 25.9. The van der Waals surface area contributed by atoms with Crippen LogP contribution in [0.2, 0.25) is 5.02 Å². The second-order valence-electron chi connectivity index (χ2n) is 16.7. The number of sulfonamides is 1. The lowest BCUT2D eigenvalue weighted by Crippen LogP contribution is -2.46. The van der Waals surface area contributed by atoms with Gasteiger partial charge in [0.1, 0.15) is 6.33 Å². The Morgan fingerprint density at radius 1 is 0.866 bits per heavy atom. The fourth-order valence-electron chi connectivity index (χ4n) is 8.40. The maximum atomic E-state index is 13.7. The third-order valence-corrected chi connectivity index (χ3v) is 15.3. The molecule has 2 saturated heterocycles. The maximum absolute atomic E-state index is 13.7. The normalized spacial score (nSPS) is 15.8. The zero-order chi connectivity index (χ0) is 46.9. The quantitative estimate of drug-likeness (QED) is 0.0491. The molecule has 2 aliphatic rings. The third kappa shape index (κ3) is 12.6. The Morgan fingerprint density at radius 2 is 1.55 bits per heavy atom. The molecule has 2 fully saturated rings. The monoisotopic (exact) mass is 981 g/mol. The van der Waals surface area contributed by atoms with Crippen molar-refractivity contribution in [2.75, 3.05) is 77.3 Å². The van der Waals surface area contributed by atoms with Crippen molar-refractivity contribution in [1.29, 1.82) is 0 Å². The van der Waals surface area contributed by atoms with E-state index in [0.29, 0.717) is 42.6 Å². The highest BCUT2D eigenvalue weighted by atomic mass is 35.5. The van der Waals surface area contributed by atoms with E-state index in [-0.39, 0.29) is 22.7 Å². The van der Waals surface area contributed by atoms with Gasteiger partial charge in [-0.25, -0.2) is 13.4 Å². The van der Waals surface area contributed by atoms with Crippen LogP contribution < -0.4 is 25.2 Å². The second kappa shape index (κ2) is 22.1. The molecular weight excluding hydrogens is 928 g/mol. The number of imidazole rings is 1. The number of anilines is 4. The maximum Gasteiger partial charge on any atom is 0.272 e. The first-order chi connectivity index (χ1) is 32.4. The number of rotatable bonds is 18. The van der Waals surface area contributed by atoms with Gasteiger partial charge in [0.25, 0.3) is 15.9 Å². The number of halogens is 1. The van der Waals surface area contributed by atoms with Crippen LogP contribution in [-0.4, -0.2) is 112 Å². The predicted octanol–water partition coefficient (Wildman–Crippen LogP) is 7.61. The Labute approximate surface area is 404 Å². The van der Waals surface area contributed by atoms with E-state index >= 15 is 0 Å². The lowest BCUT2D eigenvalue weighted by Gasteiger charge is -2.37. The number of nitrogens with one attached hydrogen (secondary N) is 3. The second-order valence-corrected chi connectivity index (χ2v) is 20.8. The number of nitrogens with zero attached hydrogens (tertiary/aromatic N) is 5. The van der Waals surface area contributed by atoms with Crippen molar-refractivity contribution >= 4 is 73.1 Å². The standard InChI is InChI=1S/C49H55ClN8O6S3/c1-35-30-45(18-19-46(35)53-39(32-65-44-8-3-2-4-9-44)20-23-55-24-21-43(59)22-25-55)67(63,64)54-38-12-16-40(17-13-38)56-26-28-57(29-27-56)42-7-5-6-36(31-42)48-47(49(60)52-34-66(61)62)51-33-58(48)41-14-10-37(50)11-15-41/h2-19,30-31,33,39,43,53-54,59H,20-29,32,34H2,1H3,(H,52,60)(H,61,62)/p-1/t39-/m1/s1. The largest absolute Gasteiger partial charge is 0.771 e. The molecule has 0 radical (unpaired) electrons. The van der Waals surface area contributed by atoms with Crippen LogP contribution in [0.1, 0.15) is 35.3 Å². The van der Waals surface area contributed by atoms with Gasteiger partial charge in [0.2, 0.25) is 0 Å². The topological polar surface area (TPSA) is 175 Å². The Kier molecular flexibility index (Phi) is 15.9. The highest BCUT2D eigenvalue weighted by Crippen LogP contribution is 2.32. The number of hydrogen-bond donors (Lipinski definition) is 4. The van der Waals surface area contributed by atoms with Crippen LogP contribution in [0.15, 0.2) is 137 Å². The van der Waals surface area contributed by atoms with Crippen molar-refractivity contribution < 1.29 is 27.1 Å². The molecule has 6 aromatic rings. The van der Waals surface area contributed by atoms with Gasteiger partial charge in [-0.15, -0.1) is 11.8 Å². The number of piperidine rings is 1. The lowest BCUT2D eigenvalue weighted by atomic mass is 10.1. The van der Waals surface area contributed by atoms with Gasteiger partial charge in [0.05, 0.1) is 22.6 Å². The molecular formula is C49H54ClN8O6S3-. The molecule has 1 aromatic heterocycles. The zero-order valence-electron chi connectivity index (χ0n) is 37.1. The Bertz CT molecular complexity index is 2750. The molecule has 67 heavy (non-hydrogen) atoms. The smallest absolute Gasteiger partial charge is 0.272 e. The van der Waals surface area contributed by atoms with E-state index in [9.17, 15) is 27.1 Å². The first kappa shape index (κ1) is 48.1. The summed E-state index contributed by atoms with van der Waals surface area (Å²) in [6.07, 6.45) is 3.85. The fourth-order valence-corrected chi connectivity index (χ4v) is 10.9. The Morgan fingerprint density at radius 3 is 2.24 bits per heavy atom. The van der Waals surface area contributed by atoms with Crippen LogP contribution in [0, 0.1) is 6.92 Å². The third-order valence-electron chi connectivity index (χ3n) is 12.1. The van der Waals surface area contributed by atoms with Gasteiger partial charge in [-0.2, -0.15) is 0 Å². The first-order valence-electron chi connectivity index (χ1n) is 22.2. The van der Waals surface area contributed by atoms with Gasteiger partial charge in [0.15, 0.2) is 5.69 Å². The molecule has 5 aromatic carbocycles. The van der Waals surface area contributed by atoms with E-state index in [1.807, 2.05) is 79.7 Å². The summed E-state index contributed by atoms with van der Waals surface area (Å²) >= 11 is 5.50. The summed E-state index contributed by atoms with van der Waals surface area (Å²) in [5, 5.41) is 16.7. The lowest BCUT2D eigenvalue weighted by molar-refractivity contribution is 0.0817. The number of thioether (sulfide) groups is 1. The number of amides is 1. The number of aromatic nitrogens is 2. The van der Waals surface area contributed by atoms with Gasteiger partial charge in [0, 0.05) is 102 Å². The fraction of sp³-hybridized carbons (Fsp3) is 0.306. The zero-order valence-corrected chi connectivity index (χ0v) is 40.3. The molecule has 0 spiro atoms. The van der Waals surface area contributed by atoms with Crippen LogP contribution in [0.5, 0.6) is 0 Å². The van der Waals surface area contributed by atoms with Gasteiger partial charge >= 0.3 is 0 Å². The molecule has 8 rings (SSSR count). The summed E-state index contributed by atoms with van der Waals surface area (Å²) in [6, 6.07) is 38.1. The van der Waals surface area contributed by atoms with Crippen molar-refractivity contribution in [1.82, 2.24) is 19.8 Å². The number of likely N-dealkylation sites (tertiary alicyclic amines) is 1. The molecule has 0 aliphatic carbocycles. The van der Waals surface area contributed by atoms with Gasteiger partial charge in [-0.05, 0) is 134 Å².